The number of amides is 2. The molecule has 0 aliphatic carbocycles. The van der Waals surface area contributed by atoms with E-state index in [0.717, 1.165) is 21.9 Å². The van der Waals surface area contributed by atoms with Crippen molar-refractivity contribution in [3.05, 3.63) is 59.2 Å². The normalized spacial score (nSPS) is 17.2. The largest absolute Gasteiger partial charge is 0.351 e. The van der Waals surface area contributed by atoms with Gasteiger partial charge < -0.3 is 14.3 Å². The van der Waals surface area contributed by atoms with Crippen LogP contribution < -0.4 is 0 Å². The first-order valence-corrected chi connectivity index (χ1v) is 9.31. The first kappa shape index (κ1) is 18.2. The molecule has 144 valence electrons. The van der Waals surface area contributed by atoms with Gasteiger partial charge in [0.05, 0.1) is 6.20 Å². The molecule has 7 heteroatoms. The van der Waals surface area contributed by atoms with Gasteiger partial charge >= 0.3 is 0 Å². The van der Waals surface area contributed by atoms with Crippen molar-refractivity contribution in [3.8, 4) is 0 Å². The first-order valence-electron chi connectivity index (χ1n) is 9.31. The van der Waals surface area contributed by atoms with Gasteiger partial charge in [-0.3, -0.25) is 14.6 Å². The minimum Gasteiger partial charge on any atom is -0.351 e. The number of pyridine rings is 1. The number of benzene rings is 1. The van der Waals surface area contributed by atoms with Crippen molar-refractivity contribution < 1.29 is 14.1 Å². The van der Waals surface area contributed by atoms with Crippen LogP contribution in [0.15, 0.2) is 41.3 Å². The number of rotatable bonds is 2. The third-order valence-corrected chi connectivity index (χ3v) is 5.25. The lowest BCUT2D eigenvalue weighted by atomic mass is 10.0. The van der Waals surface area contributed by atoms with Gasteiger partial charge in [0, 0.05) is 54.6 Å². The highest BCUT2D eigenvalue weighted by Crippen LogP contribution is 2.24. The second-order valence-electron chi connectivity index (χ2n) is 7.35. The summed E-state index contributed by atoms with van der Waals surface area (Å²) in [5.74, 6) is 0.0547. The molecule has 28 heavy (non-hydrogen) atoms. The maximum atomic E-state index is 13.3. The Morgan fingerprint density at radius 2 is 1.96 bits per heavy atom. The average Bonchev–Trinajstić information content (AvgIpc) is 3.12. The van der Waals surface area contributed by atoms with Crippen molar-refractivity contribution >= 4 is 22.6 Å². The molecule has 1 aromatic carbocycles. The third kappa shape index (κ3) is 3.13. The molecule has 3 aromatic rings. The van der Waals surface area contributed by atoms with E-state index in [1.165, 1.54) is 6.20 Å². The summed E-state index contributed by atoms with van der Waals surface area (Å²) in [5, 5.41) is 5.53. The van der Waals surface area contributed by atoms with Crippen LogP contribution in [-0.2, 0) is 0 Å². The predicted molar refractivity (Wildman–Crippen MR) is 104 cm³/mol. The van der Waals surface area contributed by atoms with Crippen molar-refractivity contribution in [2.75, 3.05) is 19.6 Å². The highest BCUT2D eigenvalue weighted by atomic mass is 16.5. The lowest BCUT2D eigenvalue weighted by Gasteiger charge is -2.39. The molecule has 1 aliphatic heterocycles. The van der Waals surface area contributed by atoms with Crippen molar-refractivity contribution in [1.82, 2.24) is 19.9 Å². The molecule has 1 aliphatic rings. The molecular formula is C21H22N4O3. The molecule has 7 nitrogen and oxygen atoms in total. The van der Waals surface area contributed by atoms with Gasteiger partial charge in [-0.1, -0.05) is 11.2 Å². The van der Waals surface area contributed by atoms with Crippen LogP contribution in [0.3, 0.4) is 0 Å². The molecule has 4 rings (SSSR count). The van der Waals surface area contributed by atoms with E-state index >= 15 is 0 Å². The molecule has 1 saturated heterocycles. The second kappa shape index (κ2) is 7.07. The van der Waals surface area contributed by atoms with E-state index in [2.05, 4.69) is 10.1 Å². The molecule has 0 spiro atoms. The van der Waals surface area contributed by atoms with Crippen molar-refractivity contribution in [3.63, 3.8) is 0 Å². The lowest BCUT2D eigenvalue weighted by molar-refractivity contribution is 0.0395. The SMILES string of the molecule is Cc1cc(C(=O)N2CCN(C(=O)c3oncc3C)C[C@@H]2C)c2cnccc2c1. The summed E-state index contributed by atoms with van der Waals surface area (Å²) in [5.41, 5.74) is 2.40. The van der Waals surface area contributed by atoms with Gasteiger partial charge in [0.25, 0.3) is 11.8 Å². The zero-order chi connectivity index (χ0) is 19.8. The fourth-order valence-corrected chi connectivity index (χ4v) is 3.76. The maximum absolute atomic E-state index is 13.3. The zero-order valence-corrected chi connectivity index (χ0v) is 16.2. The van der Waals surface area contributed by atoms with Gasteiger partial charge in [-0.05, 0) is 43.9 Å². The summed E-state index contributed by atoms with van der Waals surface area (Å²) in [6.07, 6.45) is 5.00. The number of piperazine rings is 1. The van der Waals surface area contributed by atoms with Gasteiger partial charge in [0.2, 0.25) is 5.76 Å². The Hall–Kier alpha value is -3.22. The molecule has 0 N–H and O–H groups in total. The number of hydrogen-bond acceptors (Lipinski definition) is 5. The van der Waals surface area contributed by atoms with Gasteiger partial charge in [-0.15, -0.1) is 0 Å². The van der Waals surface area contributed by atoms with E-state index in [-0.39, 0.29) is 23.6 Å². The highest BCUT2D eigenvalue weighted by molar-refractivity contribution is 6.07. The average molecular weight is 378 g/mol. The molecule has 0 bridgehead atoms. The summed E-state index contributed by atoms with van der Waals surface area (Å²) in [6.45, 7) is 7.11. The van der Waals surface area contributed by atoms with Crippen LogP contribution in [0.4, 0.5) is 0 Å². The van der Waals surface area contributed by atoms with Gasteiger partial charge in [-0.25, -0.2) is 0 Å². The third-order valence-electron chi connectivity index (χ3n) is 5.25. The molecule has 2 amide bonds. The Morgan fingerprint density at radius 3 is 2.68 bits per heavy atom. The fourth-order valence-electron chi connectivity index (χ4n) is 3.76. The number of nitrogens with zero attached hydrogens (tertiary/aromatic N) is 4. The van der Waals surface area contributed by atoms with Crippen LogP contribution in [0.5, 0.6) is 0 Å². The number of hydrogen-bond donors (Lipinski definition) is 0. The van der Waals surface area contributed by atoms with E-state index in [4.69, 9.17) is 4.52 Å². The van der Waals surface area contributed by atoms with Crippen LogP contribution in [0.1, 0.15) is 39.0 Å². The summed E-state index contributed by atoms with van der Waals surface area (Å²) >= 11 is 0. The van der Waals surface area contributed by atoms with Gasteiger partial charge in [0.15, 0.2) is 0 Å². The molecule has 1 atom stereocenters. The summed E-state index contributed by atoms with van der Waals surface area (Å²) in [4.78, 5) is 33.7. The molecule has 0 radical (unpaired) electrons. The van der Waals surface area contributed by atoms with E-state index < -0.39 is 0 Å². The minimum absolute atomic E-state index is 0.0304. The van der Waals surface area contributed by atoms with Crippen molar-refractivity contribution in [2.45, 2.75) is 26.8 Å². The first-order chi connectivity index (χ1) is 13.5. The standard InChI is InChI=1S/C21H22N4O3/c1-13-8-16-4-5-22-11-18(16)17(9-13)20(26)25-7-6-24(12-15(25)3)21(27)19-14(2)10-23-28-19/h4-5,8-11,15H,6-7,12H2,1-3H3/t15-/m0/s1. The Labute approximate surface area is 162 Å². The Kier molecular flexibility index (Phi) is 4.58. The Balaban J connectivity index is 1.56. The van der Waals surface area contributed by atoms with E-state index in [1.54, 1.807) is 24.2 Å². The van der Waals surface area contributed by atoms with Gasteiger partial charge in [-0.2, -0.15) is 0 Å². The smallest absolute Gasteiger partial charge is 0.292 e. The Morgan fingerprint density at radius 1 is 1.14 bits per heavy atom. The lowest BCUT2D eigenvalue weighted by Crippen LogP contribution is -2.55. The molecular weight excluding hydrogens is 356 g/mol. The van der Waals surface area contributed by atoms with Crippen LogP contribution in [0.25, 0.3) is 10.8 Å². The number of fused-ring (bicyclic) bond motifs is 1. The highest BCUT2D eigenvalue weighted by Gasteiger charge is 2.33. The maximum Gasteiger partial charge on any atom is 0.292 e. The Bertz CT molecular complexity index is 1060. The second-order valence-corrected chi connectivity index (χ2v) is 7.35. The number of aryl methyl sites for hydroxylation is 2. The van der Waals surface area contributed by atoms with Crippen molar-refractivity contribution in [1.29, 1.82) is 0 Å². The summed E-state index contributed by atoms with van der Waals surface area (Å²) in [7, 11) is 0. The van der Waals surface area contributed by atoms with Crippen molar-refractivity contribution in [2.24, 2.45) is 0 Å². The molecule has 2 aromatic heterocycles. The van der Waals surface area contributed by atoms with Gasteiger partial charge in [0.1, 0.15) is 0 Å². The molecule has 1 fully saturated rings. The zero-order valence-electron chi connectivity index (χ0n) is 16.2. The van der Waals surface area contributed by atoms with Crippen LogP contribution in [0.2, 0.25) is 0 Å². The quantitative estimate of drug-likeness (QED) is 0.685. The number of aromatic nitrogens is 2. The molecule has 3 heterocycles. The van der Waals surface area contributed by atoms with Crippen LogP contribution >= 0.6 is 0 Å². The molecule has 0 saturated carbocycles. The number of carbonyl (C=O) groups is 2. The topological polar surface area (TPSA) is 79.5 Å². The minimum atomic E-state index is -0.181. The summed E-state index contributed by atoms with van der Waals surface area (Å²) < 4.78 is 5.09. The summed E-state index contributed by atoms with van der Waals surface area (Å²) in [6, 6.07) is 5.77. The van der Waals surface area contributed by atoms with Crippen LogP contribution in [0, 0.1) is 13.8 Å². The van der Waals surface area contributed by atoms with E-state index in [0.29, 0.717) is 25.2 Å². The monoisotopic (exact) mass is 378 g/mol. The van der Waals surface area contributed by atoms with E-state index in [9.17, 15) is 9.59 Å². The van der Waals surface area contributed by atoms with Crippen LogP contribution in [-0.4, -0.2) is 57.4 Å². The molecule has 0 unspecified atom stereocenters. The van der Waals surface area contributed by atoms with E-state index in [1.807, 2.05) is 36.9 Å². The number of carbonyl (C=O) groups excluding carboxylic acids is 2. The fraction of sp³-hybridized carbons (Fsp3) is 0.333. The predicted octanol–water partition coefficient (Wildman–Crippen LogP) is 2.83.